The number of nitrogens with zero attached hydrogens (tertiary/aromatic N) is 2. The van der Waals surface area contributed by atoms with Crippen LogP contribution in [0.3, 0.4) is 0 Å². The molecule has 1 aliphatic rings. The van der Waals surface area contributed by atoms with Gasteiger partial charge in [-0.3, -0.25) is 0 Å². The second-order valence-electron chi connectivity index (χ2n) is 5.41. The summed E-state index contributed by atoms with van der Waals surface area (Å²) >= 11 is 0. The lowest BCUT2D eigenvalue weighted by Crippen LogP contribution is -2.29. The van der Waals surface area contributed by atoms with Gasteiger partial charge in [-0.2, -0.15) is 0 Å². The van der Waals surface area contributed by atoms with E-state index in [1.165, 1.54) is 6.42 Å². The molecule has 3 atom stereocenters. The van der Waals surface area contributed by atoms with Crippen molar-refractivity contribution in [2.75, 3.05) is 7.05 Å². The lowest BCUT2D eigenvalue weighted by atomic mass is 9.96. The third kappa shape index (κ3) is 1.88. The Kier molecular flexibility index (Phi) is 3.06. The maximum absolute atomic E-state index is 5.50. The molecule has 3 heteroatoms. The summed E-state index contributed by atoms with van der Waals surface area (Å²) < 4.78 is 5.50. The van der Waals surface area contributed by atoms with Crippen LogP contribution in [0, 0.1) is 0 Å². The fourth-order valence-corrected chi connectivity index (χ4v) is 2.52. The molecule has 16 heavy (non-hydrogen) atoms. The van der Waals surface area contributed by atoms with E-state index in [4.69, 9.17) is 4.52 Å². The van der Waals surface area contributed by atoms with Crippen LogP contribution in [-0.4, -0.2) is 29.2 Å². The molecular formula is C13H22N2O. The van der Waals surface area contributed by atoms with E-state index in [0.717, 1.165) is 11.5 Å². The van der Waals surface area contributed by atoms with Crippen LogP contribution in [-0.2, 0) is 0 Å². The number of hydrogen-bond acceptors (Lipinski definition) is 3. The van der Waals surface area contributed by atoms with Gasteiger partial charge < -0.3 is 9.42 Å². The molecule has 2 unspecified atom stereocenters. The van der Waals surface area contributed by atoms with Crippen LogP contribution >= 0.6 is 0 Å². The molecule has 1 aliphatic heterocycles. The Morgan fingerprint density at radius 1 is 1.44 bits per heavy atom. The summed E-state index contributed by atoms with van der Waals surface area (Å²) in [7, 11) is 2.19. The van der Waals surface area contributed by atoms with E-state index in [-0.39, 0.29) is 0 Å². The molecule has 0 bridgehead atoms. The monoisotopic (exact) mass is 222 g/mol. The standard InChI is InChI=1S/C13H22N2O/c1-8(2)12-7-13(16-14-12)11-6-9(3)15(5)10(11)4/h7-11H,6H2,1-5H3/t9?,10-,11?/m1/s1. The third-order valence-corrected chi connectivity index (χ3v) is 4.02. The summed E-state index contributed by atoms with van der Waals surface area (Å²) in [5.74, 6) is 2.01. The number of hydrogen-bond donors (Lipinski definition) is 0. The molecular weight excluding hydrogens is 200 g/mol. The van der Waals surface area contributed by atoms with Crippen LogP contribution in [0.2, 0.25) is 0 Å². The molecule has 1 fully saturated rings. The van der Waals surface area contributed by atoms with Gasteiger partial charge in [-0.05, 0) is 33.2 Å². The molecule has 3 nitrogen and oxygen atoms in total. The molecule has 2 heterocycles. The quantitative estimate of drug-likeness (QED) is 0.770. The Balaban J connectivity index is 2.18. The fraction of sp³-hybridized carbons (Fsp3) is 0.769. The van der Waals surface area contributed by atoms with Gasteiger partial charge in [-0.1, -0.05) is 19.0 Å². The Labute approximate surface area is 97.8 Å². The minimum absolute atomic E-state index is 0.448. The molecule has 2 rings (SSSR count). The van der Waals surface area contributed by atoms with Crippen molar-refractivity contribution in [2.24, 2.45) is 0 Å². The van der Waals surface area contributed by atoms with Crippen molar-refractivity contribution in [1.82, 2.24) is 10.1 Å². The van der Waals surface area contributed by atoms with Crippen molar-refractivity contribution in [1.29, 1.82) is 0 Å². The largest absolute Gasteiger partial charge is 0.361 e. The van der Waals surface area contributed by atoms with Gasteiger partial charge in [0.05, 0.1) is 5.69 Å². The summed E-state index contributed by atoms with van der Waals surface area (Å²) in [6.07, 6.45) is 1.17. The third-order valence-electron chi connectivity index (χ3n) is 4.02. The molecule has 0 aromatic carbocycles. The van der Waals surface area contributed by atoms with E-state index in [1.54, 1.807) is 0 Å². The van der Waals surface area contributed by atoms with Crippen LogP contribution in [0.5, 0.6) is 0 Å². The molecule has 0 N–H and O–H groups in total. The Hall–Kier alpha value is -0.830. The normalized spacial score (nSPS) is 31.5. The number of rotatable bonds is 2. The summed E-state index contributed by atoms with van der Waals surface area (Å²) in [4.78, 5) is 2.42. The van der Waals surface area contributed by atoms with Gasteiger partial charge in [-0.15, -0.1) is 0 Å². The lowest BCUT2D eigenvalue weighted by molar-refractivity contribution is 0.252. The zero-order chi connectivity index (χ0) is 11.9. The van der Waals surface area contributed by atoms with Crippen LogP contribution in [0.25, 0.3) is 0 Å². The van der Waals surface area contributed by atoms with Crippen molar-refractivity contribution in [2.45, 2.75) is 58.0 Å². The molecule has 0 aliphatic carbocycles. The van der Waals surface area contributed by atoms with Crippen molar-refractivity contribution in [3.8, 4) is 0 Å². The van der Waals surface area contributed by atoms with Crippen LogP contribution in [0.15, 0.2) is 10.6 Å². The molecule has 1 aromatic rings. The molecule has 0 radical (unpaired) electrons. The Bertz CT molecular complexity index is 359. The molecule has 1 saturated heterocycles. The average Bonchev–Trinajstić information content (AvgIpc) is 2.79. The molecule has 90 valence electrons. The zero-order valence-electron chi connectivity index (χ0n) is 10.9. The summed E-state index contributed by atoms with van der Waals surface area (Å²) in [5, 5.41) is 4.15. The zero-order valence-corrected chi connectivity index (χ0v) is 10.9. The predicted molar refractivity (Wildman–Crippen MR) is 64.6 cm³/mol. The fourth-order valence-electron chi connectivity index (χ4n) is 2.52. The molecule has 1 aromatic heterocycles. The van der Waals surface area contributed by atoms with E-state index in [2.05, 4.69) is 50.9 Å². The predicted octanol–water partition coefficient (Wildman–Crippen LogP) is 2.99. The van der Waals surface area contributed by atoms with Gasteiger partial charge in [0.15, 0.2) is 0 Å². The molecule has 0 spiro atoms. The van der Waals surface area contributed by atoms with Gasteiger partial charge in [0.1, 0.15) is 5.76 Å². The summed E-state index contributed by atoms with van der Waals surface area (Å²) in [6, 6.07) is 3.31. The van der Waals surface area contributed by atoms with E-state index in [1.807, 2.05) is 0 Å². The maximum atomic E-state index is 5.50. The SMILES string of the molecule is CC(C)c1cc(C2CC(C)N(C)[C@@H]2C)on1. The summed E-state index contributed by atoms with van der Waals surface area (Å²) in [5.41, 5.74) is 1.07. The highest BCUT2D eigenvalue weighted by atomic mass is 16.5. The van der Waals surface area contributed by atoms with Crippen molar-refractivity contribution in [3.63, 3.8) is 0 Å². The van der Waals surface area contributed by atoms with E-state index in [0.29, 0.717) is 23.9 Å². The van der Waals surface area contributed by atoms with Gasteiger partial charge in [0.25, 0.3) is 0 Å². The number of aromatic nitrogens is 1. The van der Waals surface area contributed by atoms with E-state index < -0.39 is 0 Å². The van der Waals surface area contributed by atoms with Gasteiger partial charge in [0, 0.05) is 24.1 Å². The van der Waals surface area contributed by atoms with Crippen molar-refractivity contribution < 1.29 is 4.52 Å². The summed E-state index contributed by atoms with van der Waals surface area (Å²) in [6.45, 7) is 8.84. The topological polar surface area (TPSA) is 29.3 Å². The minimum atomic E-state index is 0.448. The highest BCUT2D eigenvalue weighted by Crippen LogP contribution is 2.36. The first kappa shape index (κ1) is 11.6. The second-order valence-corrected chi connectivity index (χ2v) is 5.41. The smallest absolute Gasteiger partial charge is 0.141 e. The Morgan fingerprint density at radius 3 is 2.56 bits per heavy atom. The van der Waals surface area contributed by atoms with Crippen molar-refractivity contribution in [3.05, 3.63) is 17.5 Å². The number of likely N-dealkylation sites (tertiary alicyclic amines) is 1. The van der Waals surface area contributed by atoms with Crippen LogP contribution in [0.1, 0.15) is 57.4 Å². The highest BCUT2D eigenvalue weighted by molar-refractivity contribution is 5.16. The van der Waals surface area contributed by atoms with Gasteiger partial charge in [-0.25, -0.2) is 0 Å². The van der Waals surface area contributed by atoms with Gasteiger partial charge in [0.2, 0.25) is 0 Å². The minimum Gasteiger partial charge on any atom is -0.361 e. The van der Waals surface area contributed by atoms with Gasteiger partial charge >= 0.3 is 0 Å². The number of likely N-dealkylation sites (N-methyl/N-ethyl adjacent to an activating group) is 1. The first-order valence-electron chi connectivity index (χ1n) is 6.19. The molecule has 0 amide bonds. The highest BCUT2D eigenvalue weighted by Gasteiger charge is 2.36. The Morgan fingerprint density at radius 2 is 2.12 bits per heavy atom. The first-order chi connectivity index (χ1) is 7.50. The van der Waals surface area contributed by atoms with E-state index >= 15 is 0 Å². The second kappa shape index (κ2) is 4.21. The average molecular weight is 222 g/mol. The van der Waals surface area contributed by atoms with Crippen molar-refractivity contribution >= 4 is 0 Å². The van der Waals surface area contributed by atoms with E-state index in [9.17, 15) is 0 Å². The first-order valence-corrected chi connectivity index (χ1v) is 6.19. The lowest BCUT2D eigenvalue weighted by Gasteiger charge is -2.21. The molecule has 0 saturated carbocycles. The van der Waals surface area contributed by atoms with Crippen LogP contribution in [0.4, 0.5) is 0 Å². The maximum Gasteiger partial charge on any atom is 0.141 e. The van der Waals surface area contributed by atoms with Crippen LogP contribution < -0.4 is 0 Å².